The topological polar surface area (TPSA) is 89.8 Å². The van der Waals surface area contributed by atoms with E-state index in [0.717, 1.165) is 33.1 Å². The number of carbonyl (C=O) groups excluding carboxylic acids is 2. The molecule has 2 amide bonds. The number of amides is 2. The maximum Gasteiger partial charge on any atom is 0.267 e. The summed E-state index contributed by atoms with van der Waals surface area (Å²) in [5.74, 6) is -0.564. The third-order valence-corrected chi connectivity index (χ3v) is 5.90. The van der Waals surface area contributed by atoms with Gasteiger partial charge in [-0.2, -0.15) is 0 Å². The molecule has 0 unspecified atom stereocenters. The molecule has 4 N–H and O–H groups in total. The van der Waals surface area contributed by atoms with Crippen LogP contribution in [0.2, 0.25) is 0 Å². The van der Waals surface area contributed by atoms with E-state index in [-0.39, 0.29) is 17.6 Å². The van der Waals surface area contributed by atoms with E-state index in [1.807, 2.05) is 52.8 Å². The molecule has 0 bridgehead atoms. The van der Waals surface area contributed by atoms with Gasteiger partial charge in [-0.05, 0) is 55.7 Å². The Hall–Kier alpha value is -3.61. The second-order valence-corrected chi connectivity index (χ2v) is 9.54. The number of anilines is 1. The van der Waals surface area contributed by atoms with Gasteiger partial charge in [-0.25, -0.2) is 4.39 Å². The van der Waals surface area contributed by atoms with Crippen molar-refractivity contribution in [3.63, 3.8) is 0 Å². The third-order valence-electron chi connectivity index (χ3n) is 5.90. The van der Waals surface area contributed by atoms with E-state index < -0.39 is 5.41 Å². The van der Waals surface area contributed by atoms with Gasteiger partial charge < -0.3 is 20.6 Å². The molecule has 2 aromatic heterocycles. The molecule has 172 valence electrons. The molecule has 0 fully saturated rings. The van der Waals surface area contributed by atoms with Crippen molar-refractivity contribution in [2.24, 2.45) is 5.41 Å². The monoisotopic (exact) mass is 448 g/mol. The van der Waals surface area contributed by atoms with Crippen LogP contribution in [-0.2, 0) is 11.2 Å². The van der Waals surface area contributed by atoms with Crippen molar-refractivity contribution in [3.05, 3.63) is 64.7 Å². The number of aryl methyl sites for hydroxylation is 2. The average Bonchev–Trinajstić information content (AvgIpc) is 3.31. The number of nitrogens with one attached hydrogen (secondary N) is 4. The summed E-state index contributed by atoms with van der Waals surface area (Å²) in [7, 11) is 0. The van der Waals surface area contributed by atoms with Gasteiger partial charge in [0.15, 0.2) is 0 Å². The first-order valence-electron chi connectivity index (χ1n) is 11.0. The molecule has 2 aromatic carbocycles. The number of aromatic nitrogens is 2. The van der Waals surface area contributed by atoms with Gasteiger partial charge in [0.1, 0.15) is 11.5 Å². The van der Waals surface area contributed by atoms with Gasteiger partial charge in [0.2, 0.25) is 5.91 Å². The van der Waals surface area contributed by atoms with E-state index in [1.165, 1.54) is 6.07 Å². The fourth-order valence-corrected chi connectivity index (χ4v) is 4.00. The lowest BCUT2D eigenvalue weighted by molar-refractivity contribution is -0.123. The molecule has 2 heterocycles. The van der Waals surface area contributed by atoms with Crippen LogP contribution >= 0.6 is 0 Å². The zero-order valence-electron chi connectivity index (χ0n) is 19.6. The van der Waals surface area contributed by atoms with Crippen molar-refractivity contribution in [1.29, 1.82) is 0 Å². The lowest BCUT2D eigenvalue weighted by Gasteiger charge is -2.17. The molecular weight excluding hydrogens is 419 g/mol. The highest BCUT2D eigenvalue weighted by molar-refractivity contribution is 6.00. The molecule has 33 heavy (non-hydrogen) atoms. The van der Waals surface area contributed by atoms with E-state index in [9.17, 15) is 14.0 Å². The van der Waals surface area contributed by atoms with Crippen molar-refractivity contribution in [1.82, 2.24) is 15.3 Å². The van der Waals surface area contributed by atoms with E-state index >= 15 is 0 Å². The first-order chi connectivity index (χ1) is 15.5. The van der Waals surface area contributed by atoms with Gasteiger partial charge in [-0.15, -0.1) is 0 Å². The minimum Gasteiger partial charge on any atom is -0.356 e. The molecule has 4 rings (SSSR count). The van der Waals surface area contributed by atoms with E-state index in [1.54, 1.807) is 12.1 Å². The summed E-state index contributed by atoms with van der Waals surface area (Å²) in [6, 6.07) is 10.5. The normalized spacial score (nSPS) is 11.8. The van der Waals surface area contributed by atoms with Gasteiger partial charge in [0, 0.05) is 39.6 Å². The van der Waals surface area contributed by atoms with Crippen molar-refractivity contribution in [2.75, 3.05) is 11.9 Å². The molecule has 4 aromatic rings. The number of aromatic amines is 2. The fourth-order valence-electron chi connectivity index (χ4n) is 4.00. The summed E-state index contributed by atoms with van der Waals surface area (Å²) < 4.78 is 14.2. The van der Waals surface area contributed by atoms with Crippen molar-refractivity contribution < 1.29 is 14.0 Å². The number of hydrogen-bond donors (Lipinski definition) is 4. The van der Waals surface area contributed by atoms with Crippen molar-refractivity contribution in [3.8, 4) is 0 Å². The van der Waals surface area contributed by atoms with Crippen LogP contribution in [0.25, 0.3) is 21.8 Å². The van der Waals surface area contributed by atoms with E-state index in [0.29, 0.717) is 29.9 Å². The van der Waals surface area contributed by atoms with Crippen molar-refractivity contribution >= 4 is 39.3 Å². The van der Waals surface area contributed by atoms with Gasteiger partial charge in [-0.3, -0.25) is 9.59 Å². The molecule has 0 radical (unpaired) electrons. The molecule has 0 atom stereocenters. The number of hydrogen-bond acceptors (Lipinski definition) is 2. The minimum absolute atomic E-state index is 0.0749. The Morgan fingerprint density at radius 1 is 1.03 bits per heavy atom. The Morgan fingerprint density at radius 2 is 1.79 bits per heavy atom. The number of fused-ring (bicyclic) bond motifs is 2. The zero-order chi connectivity index (χ0) is 23.9. The number of benzene rings is 2. The Labute approximate surface area is 192 Å². The molecule has 0 aliphatic carbocycles. The minimum atomic E-state index is -0.497. The second-order valence-electron chi connectivity index (χ2n) is 9.54. The number of H-pyrrole nitrogens is 2. The predicted molar refractivity (Wildman–Crippen MR) is 130 cm³/mol. The summed E-state index contributed by atoms with van der Waals surface area (Å²) in [6.45, 7) is 9.86. The molecule has 0 spiro atoms. The maximum absolute atomic E-state index is 14.2. The summed E-state index contributed by atoms with van der Waals surface area (Å²) in [6.07, 6.45) is 0.588. The van der Waals surface area contributed by atoms with E-state index in [4.69, 9.17) is 0 Å². The highest BCUT2D eigenvalue weighted by Crippen LogP contribution is 2.28. The molecular formula is C26H29FN4O2. The quantitative estimate of drug-likeness (QED) is 0.331. The molecule has 0 aliphatic rings. The van der Waals surface area contributed by atoms with Crippen LogP contribution in [-0.4, -0.2) is 28.3 Å². The SMILES string of the molecule is Cc1[nH]c2c(F)ccc(C)c2c1CCNC(=O)c1cc2ccc(NC(=O)C(C)(C)C)cc2[nH]1. The second kappa shape index (κ2) is 8.39. The Balaban J connectivity index is 1.45. The third kappa shape index (κ3) is 4.49. The van der Waals surface area contributed by atoms with Gasteiger partial charge in [-0.1, -0.05) is 32.9 Å². The molecule has 0 saturated heterocycles. The number of carbonyl (C=O) groups is 2. The molecule has 7 heteroatoms. The first kappa shape index (κ1) is 22.6. The van der Waals surface area contributed by atoms with Crippen LogP contribution in [0.5, 0.6) is 0 Å². The molecule has 6 nitrogen and oxygen atoms in total. The summed E-state index contributed by atoms with van der Waals surface area (Å²) in [5, 5.41) is 7.61. The smallest absolute Gasteiger partial charge is 0.267 e. The van der Waals surface area contributed by atoms with Crippen LogP contribution in [0, 0.1) is 25.1 Å². The molecule has 0 saturated carbocycles. The van der Waals surface area contributed by atoms with Crippen molar-refractivity contribution in [2.45, 2.75) is 41.0 Å². The highest BCUT2D eigenvalue weighted by atomic mass is 19.1. The standard InChI is InChI=1S/C26H29FN4O2/c1-14-6-9-19(27)23-22(14)18(15(2)29-23)10-11-28-24(32)21-12-16-7-8-17(13-20(16)31-21)30-25(33)26(3,4)5/h6-9,12-13,29,31H,10-11H2,1-5H3,(H,28,32)(H,30,33). The lowest BCUT2D eigenvalue weighted by atomic mass is 9.95. The summed E-state index contributed by atoms with van der Waals surface area (Å²) in [4.78, 5) is 31.2. The zero-order valence-corrected chi connectivity index (χ0v) is 19.6. The van der Waals surface area contributed by atoms with Gasteiger partial charge >= 0.3 is 0 Å². The number of halogens is 1. The maximum atomic E-state index is 14.2. The number of rotatable bonds is 5. The van der Waals surface area contributed by atoms with Crippen LogP contribution in [0.15, 0.2) is 36.4 Å². The van der Waals surface area contributed by atoms with Crippen LogP contribution < -0.4 is 10.6 Å². The fraction of sp³-hybridized carbons (Fsp3) is 0.308. The molecule has 0 aliphatic heterocycles. The largest absolute Gasteiger partial charge is 0.356 e. The predicted octanol–water partition coefficient (Wildman–Crippen LogP) is 5.36. The average molecular weight is 449 g/mol. The first-order valence-corrected chi connectivity index (χ1v) is 11.0. The van der Waals surface area contributed by atoms with Crippen LogP contribution in [0.3, 0.4) is 0 Å². The van der Waals surface area contributed by atoms with Crippen LogP contribution in [0.1, 0.15) is 48.1 Å². The highest BCUT2D eigenvalue weighted by Gasteiger charge is 2.21. The van der Waals surface area contributed by atoms with E-state index in [2.05, 4.69) is 20.6 Å². The summed E-state index contributed by atoms with van der Waals surface area (Å²) in [5.41, 5.74) is 4.83. The summed E-state index contributed by atoms with van der Waals surface area (Å²) >= 11 is 0. The Kier molecular flexibility index (Phi) is 5.74. The van der Waals surface area contributed by atoms with Gasteiger partial charge in [0.25, 0.3) is 5.91 Å². The van der Waals surface area contributed by atoms with Gasteiger partial charge in [0.05, 0.1) is 5.52 Å². The Morgan fingerprint density at radius 3 is 2.52 bits per heavy atom. The lowest BCUT2D eigenvalue weighted by Crippen LogP contribution is -2.27. The van der Waals surface area contributed by atoms with Crippen LogP contribution in [0.4, 0.5) is 10.1 Å². The Bertz CT molecular complexity index is 1370.